The van der Waals surface area contributed by atoms with Gasteiger partial charge in [-0.25, -0.2) is 17.5 Å². The molecule has 0 saturated carbocycles. The second-order valence-corrected chi connectivity index (χ2v) is 6.24. The summed E-state index contributed by atoms with van der Waals surface area (Å²) < 4.78 is 39.6. The van der Waals surface area contributed by atoms with Gasteiger partial charge in [-0.1, -0.05) is 29.8 Å². The lowest BCUT2D eigenvalue weighted by Crippen LogP contribution is -2.24. The van der Waals surface area contributed by atoms with Gasteiger partial charge in [-0.2, -0.15) is 0 Å². The summed E-state index contributed by atoms with van der Waals surface area (Å²) >= 11 is 5.78. The van der Waals surface area contributed by atoms with Crippen LogP contribution >= 0.6 is 11.6 Å². The van der Waals surface area contributed by atoms with Crippen LogP contribution in [-0.2, 0) is 16.6 Å². The Morgan fingerprint density at radius 1 is 1.20 bits per heavy atom. The van der Waals surface area contributed by atoms with Gasteiger partial charge in [0.1, 0.15) is 10.7 Å². The molecule has 106 valence electrons. The van der Waals surface area contributed by atoms with Gasteiger partial charge < -0.3 is 5.73 Å². The van der Waals surface area contributed by atoms with Crippen LogP contribution in [0.15, 0.2) is 47.4 Å². The predicted molar refractivity (Wildman–Crippen MR) is 76.3 cm³/mol. The third-order valence-corrected chi connectivity index (χ3v) is 4.57. The minimum absolute atomic E-state index is 0.00183. The maximum atomic E-state index is 13.1. The Hall–Kier alpha value is -1.63. The third kappa shape index (κ3) is 3.27. The van der Waals surface area contributed by atoms with Gasteiger partial charge in [-0.3, -0.25) is 0 Å². The smallest absolute Gasteiger partial charge is 0.242 e. The molecule has 0 heterocycles. The van der Waals surface area contributed by atoms with E-state index in [1.807, 2.05) is 0 Å². The highest BCUT2D eigenvalue weighted by Gasteiger charge is 2.18. The summed E-state index contributed by atoms with van der Waals surface area (Å²) in [5, 5.41) is -0.0417. The molecule has 3 N–H and O–H groups in total. The third-order valence-electron chi connectivity index (χ3n) is 2.69. The number of rotatable bonds is 4. The quantitative estimate of drug-likeness (QED) is 0.852. The molecule has 0 aliphatic carbocycles. The standard InChI is InChI=1S/C13H12ClFN2O2S/c14-11-6-5-10(15)7-13(11)20(18,19)17-8-9-3-1-2-4-12(9)16/h1-7,17H,8,16H2. The molecule has 0 aromatic heterocycles. The molecule has 0 saturated heterocycles. The van der Waals surface area contributed by atoms with Crippen LogP contribution in [0.1, 0.15) is 5.56 Å². The molecule has 2 rings (SSSR count). The van der Waals surface area contributed by atoms with E-state index < -0.39 is 15.8 Å². The normalized spacial score (nSPS) is 11.5. The number of nitrogen functional groups attached to an aromatic ring is 1. The highest BCUT2D eigenvalue weighted by Crippen LogP contribution is 2.22. The van der Waals surface area contributed by atoms with E-state index in [0.29, 0.717) is 11.3 Å². The topological polar surface area (TPSA) is 72.2 Å². The van der Waals surface area contributed by atoms with Crippen LogP contribution < -0.4 is 10.5 Å². The van der Waals surface area contributed by atoms with Gasteiger partial charge in [0.2, 0.25) is 10.0 Å². The number of para-hydroxylation sites is 1. The van der Waals surface area contributed by atoms with E-state index in [9.17, 15) is 12.8 Å². The van der Waals surface area contributed by atoms with Gasteiger partial charge in [-0.05, 0) is 29.8 Å². The average molecular weight is 315 g/mol. The molecule has 0 atom stereocenters. The van der Waals surface area contributed by atoms with Crippen molar-refractivity contribution in [2.24, 2.45) is 0 Å². The lowest BCUT2D eigenvalue weighted by molar-refractivity contribution is 0.577. The van der Waals surface area contributed by atoms with E-state index in [-0.39, 0.29) is 16.5 Å². The molecule has 0 amide bonds. The molecule has 0 aliphatic heterocycles. The Kier molecular flexibility index (Phi) is 4.27. The van der Waals surface area contributed by atoms with E-state index in [4.69, 9.17) is 17.3 Å². The van der Waals surface area contributed by atoms with E-state index >= 15 is 0 Å². The molecular formula is C13H12ClFN2O2S. The minimum atomic E-state index is -3.91. The highest BCUT2D eigenvalue weighted by atomic mass is 35.5. The van der Waals surface area contributed by atoms with Crippen molar-refractivity contribution in [2.45, 2.75) is 11.4 Å². The van der Waals surface area contributed by atoms with Crippen LogP contribution in [0.5, 0.6) is 0 Å². The maximum Gasteiger partial charge on any atom is 0.242 e. The Labute approximate surface area is 121 Å². The minimum Gasteiger partial charge on any atom is -0.398 e. The van der Waals surface area contributed by atoms with Crippen LogP contribution in [-0.4, -0.2) is 8.42 Å². The van der Waals surface area contributed by atoms with Crippen LogP contribution in [0, 0.1) is 5.82 Å². The van der Waals surface area contributed by atoms with E-state index in [0.717, 1.165) is 12.1 Å². The Morgan fingerprint density at radius 2 is 1.90 bits per heavy atom. The number of nitrogens with one attached hydrogen (secondary N) is 1. The fourth-order valence-electron chi connectivity index (χ4n) is 1.63. The van der Waals surface area contributed by atoms with Gasteiger partial charge in [0.25, 0.3) is 0 Å². The zero-order valence-electron chi connectivity index (χ0n) is 10.3. The summed E-state index contributed by atoms with van der Waals surface area (Å²) in [6.07, 6.45) is 0. The maximum absolute atomic E-state index is 13.1. The van der Waals surface area contributed by atoms with Gasteiger partial charge in [0.05, 0.1) is 5.02 Å². The van der Waals surface area contributed by atoms with Crippen LogP contribution in [0.3, 0.4) is 0 Å². The molecular weight excluding hydrogens is 303 g/mol. The van der Waals surface area contributed by atoms with Gasteiger partial charge in [-0.15, -0.1) is 0 Å². The number of hydrogen-bond acceptors (Lipinski definition) is 3. The predicted octanol–water partition coefficient (Wildman–Crippen LogP) is 2.54. The van der Waals surface area contributed by atoms with Gasteiger partial charge >= 0.3 is 0 Å². The van der Waals surface area contributed by atoms with Crippen molar-refractivity contribution >= 4 is 27.3 Å². The van der Waals surface area contributed by atoms with Crippen LogP contribution in [0.4, 0.5) is 10.1 Å². The molecule has 0 fully saturated rings. The summed E-state index contributed by atoms with van der Waals surface area (Å²) in [5.74, 6) is -0.672. The first kappa shape index (κ1) is 14.8. The van der Waals surface area contributed by atoms with Gasteiger partial charge in [0.15, 0.2) is 0 Å². The summed E-state index contributed by atoms with van der Waals surface area (Å²) in [4.78, 5) is -0.298. The zero-order valence-corrected chi connectivity index (χ0v) is 11.9. The Morgan fingerprint density at radius 3 is 2.60 bits per heavy atom. The average Bonchev–Trinajstić information content (AvgIpc) is 2.40. The van der Waals surface area contributed by atoms with Gasteiger partial charge in [0, 0.05) is 12.2 Å². The van der Waals surface area contributed by atoms with E-state index in [1.165, 1.54) is 6.07 Å². The molecule has 0 aliphatic rings. The van der Waals surface area contributed by atoms with Crippen molar-refractivity contribution in [1.82, 2.24) is 4.72 Å². The van der Waals surface area contributed by atoms with Crippen LogP contribution in [0.2, 0.25) is 5.02 Å². The fourth-order valence-corrected chi connectivity index (χ4v) is 3.14. The number of nitrogens with two attached hydrogens (primary N) is 1. The molecule has 2 aromatic carbocycles. The fraction of sp³-hybridized carbons (Fsp3) is 0.0769. The first-order chi connectivity index (χ1) is 9.40. The number of halogens is 2. The second-order valence-electron chi connectivity index (χ2n) is 4.10. The summed E-state index contributed by atoms with van der Waals surface area (Å²) in [7, 11) is -3.91. The number of benzene rings is 2. The lowest BCUT2D eigenvalue weighted by Gasteiger charge is -2.10. The van der Waals surface area contributed by atoms with Crippen molar-refractivity contribution in [3.8, 4) is 0 Å². The SMILES string of the molecule is Nc1ccccc1CNS(=O)(=O)c1cc(F)ccc1Cl. The largest absolute Gasteiger partial charge is 0.398 e. The van der Waals surface area contributed by atoms with Crippen molar-refractivity contribution in [3.05, 3.63) is 58.9 Å². The lowest BCUT2D eigenvalue weighted by atomic mass is 10.2. The molecule has 0 radical (unpaired) electrons. The summed E-state index contributed by atoms with van der Waals surface area (Å²) in [6.45, 7) is 0.00183. The molecule has 0 bridgehead atoms. The molecule has 7 heteroatoms. The number of hydrogen-bond donors (Lipinski definition) is 2. The molecule has 20 heavy (non-hydrogen) atoms. The monoisotopic (exact) mass is 314 g/mol. The van der Waals surface area contributed by atoms with Crippen molar-refractivity contribution in [2.75, 3.05) is 5.73 Å². The van der Waals surface area contributed by atoms with E-state index in [1.54, 1.807) is 24.3 Å². The first-order valence-electron chi connectivity index (χ1n) is 5.68. The molecule has 4 nitrogen and oxygen atoms in total. The number of anilines is 1. The molecule has 0 unspecified atom stereocenters. The van der Waals surface area contributed by atoms with Crippen molar-refractivity contribution in [3.63, 3.8) is 0 Å². The molecule has 2 aromatic rings. The van der Waals surface area contributed by atoms with Crippen molar-refractivity contribution in [1.29, 1.82) is 0 Å². The Balaban J connectivity index is 2.24. The molecule has 0 spiro atoms. The highest BCUT2D eigenvalue weighted by molar-refractivity contribution is 7.89. The van der Waals surface area contributed by atoms with E-state index in [2.05, 4.69) is 4.72 Å². The van der Waals surface area contributed by atoms with Crippen molar-refractivity contribution < 1.29 is 12.8 Å². The number of sulfonamides is 1. The Bertz CT molecular complexity index is 735. The zero-order chi connectivity index (χ0) is 14.8. The van der Waals surface area contributed by atoms with Crippen LogP contribution in [0.25, 0.3) is 0 Å². The first-order valence-corrected chi connectivity index (χ1v) is 7.54. The summed E-state index contributed by atoms with van der Waals surface area (Å²) in [6, 6.07) is 10.0. The second kappa shape index (κ2) is 5.78. The summed E-state index contributed by atoms with van der Waals surface area (Å²) in [5.41, 5.74) is 6.82.